The van der Waals surface area contributed by atoms with Crippen LogP contribution >= 0.6 is 11.3 Å². The Hall–Kier alpha value is -3.38. The van der Waals surface area contributed by atoms with Crippen LogP contribution in [0.25, 0.3) is 21.3 Å². The Morgan fingerprint density at radius 3 is 2.61 bits per heavy atom. The molecule has 0 aliphatic carbocycles. The smallest absolute Gasteiger partial charge is 0.400 e. The molecule has 1 atom stereocenters. The van der Waals surface area contributed by atoms with Gasteiger partial charge < -0.3 is 13.9 Å². The second-order valence-electron chi connectivity index (χ2n) is 6.33. The maximum atomic E-state index is 6.10. The Balaban J connectivity index is 1.31. The second-order valence-corrected chi connectivity index (χ2v) is 7.21. The summed E-state index contributed by atoms with van der Waals surface area (Å²) in [6.45, 7) is 2.02. The summed E-state index contributed by atoms with van der Waals surface area (Å²) in [7, 11) is 0. The number of oxazole rings is 1. The Morgan fingerprint density at radius 2 is 1.75 bits per heavy atom. The fourth-order valence-electron chi connectivity index (χ4n) is 3.09. The molecule has 0 bridgehead atoms. The highest BCUT2D eigenvalue weighted by molar-refractivity contribution is 7.16. The van der Waals surface area contributed by atoms with Crippen LogP contribution in [-0.4, -0.2) is 9.97 Å². The van der Waals surface area contributed by atoms with E-state index in [4.69, 9.17) is 13.9 Å². The van der Waals surface area contributed by atoms with E-state index in [9.17, 15) is 0 Å². The number of ether oxygens (including phenoxy) is 2. The van der Waals surface area contributed by atoms with Gasteiger partial charge >= 0.3 is 6.08 Å². The van der Waals surface area contributed by atoms with Crippen LogP contribution in [0.4, 0.5) is 0 Å². The maximum Gasteiger partial charge on any atom is 0.400 e. The minimum atomic E-state index is -0.116. The van der Waals surface area contributed by atoms with Gasteiger partial charge in [-0.05, 0) is 49.4 Å². The number of benzene rings is 3. The first kappa shape index (κ1) is 16.8. The van der Waals surface area contributed by atoms with E-state index in [1.54, 1.807) is 11.3 Å². The van der Waals surface area contributed by atoms with Crippen LogP contribution in [0, 0.1) is 0 Å². The molecule has 5 nitrogen and oxygen atoms in total. The van der Waals surface area contributed by atoms with E-state index in [2.05, 4.69) is 22.1 Å². The third-order valence-corrected chi connectivity index (χ3v) is 5.24. The van der Waals surface area contributed by atoms with Crippen molar-refractivity contribution in [2.45, 2.75) is 13.0 Å². The molecule has 0 saturated carbocycles. The summed E-state index contributed by atoms with van der Waals surface area (Å²) >= 11 is 1.63. The number of hydrogen-bond donors (Lipinski definition) is 0. The van der Waals surface area contributed by atoms with Crippen LogP contribution < -0.4 is 9.47 Å². The van der Waals surface area contributed by atoms with Gasteiger partial charge in [-0.1, -0.05) is 24.3 Å². The zero-order valence-electron chi connectivity index (χ0n) is 15.0. The molecule has 0 aliphatic rings. The van der Waals surface area contributed by atoms with Gasteiger partial charge in [0.05, 0.1) is 15.7 Å². The molecular weight excluding hydrogens is 372 g/mol. The lowest BCUT2D eigenvalue weighted by Crippen LogP contribution is -2.03. The van der Waals surface area contributed by atoms with Crippen LogP contribution in [0.15, 0.2) is 76.7 Å². The summed E-state index contributed by atoms with van der Waals surface area (Å²) in [5.74, 6) is 1.39. The highest BCUT2D eigenvalue weighted by Crippen LogP contribution is 2.31. The summed E-state index contributed by atoms with van der Waals surface area (Å²) in [6.07, 6.45) is 0.105. The summed E-state index contributed by atoms with van der Waals surface area (Å²) in [4.78, 5) is 8.78. The zero-order chi connectivity index (χ0) is 18.9. The van der Waals surface area contributed by atoms with E-state index in [0.29, 0.717) is 11.3 Å². The number of nitrogens with zero attached hydrogens (tertiary/aromatic N) is 2. The first-order valence-corrected chi connectivity index (χ1v) is 9.76. The largest absolute Gasteiger partial charge is 0.486 e. The number of aromatic nitrogens is 2. The van der Waals surface area contributed by atoms with E-state index in [-0.39, 0.29) is 12.2 Å². The number of fused-ring (bicyclic) bond motifs is 2. The van der Waals surface area contributed by atoms with E-state index < -0.39 is 0 Å². The Morgan fingerprint density at radius 1 is 0.929 bits per heavy atom. The second kappa shape index (κ2) is 6.98. The van der Waals surface area contributed by atoms with Crippen molar-refractivity contribution in [3.63, 3.8) is 0 Å². The lowest BCUT2D eigenvalue weighted by Gasteiger charge is -2.15. The third kappa shape index (κ3) is 3.18. The van der Waals surface area contributed by atoms with E-state index in [0.717, 1.165) is 27.0 Å². The van der Waals surface area contributed by atoms with Crippen molar-refractivity contribution >= 4 is 32.7 Å². The van der Waals surface area contributed by atoms with Crippen molar-refractivity contribution in [3.8, 4) is 17.6 Å². The first-order chi connectivity index (χ1) is 13.8. The molecule has 2 heterocycles. The van der Waals surface area contributed by atoms with Crippen molar-refractivity contribution in [2.75, 3.05) is 0 Å². The van der Waals surface area contributed by atoms with Gasteiger partial charge in [-0.2, -0.15) is 4.98 Å². The summed E-state index contributed by atoms with van der Waals surface area (Å²) in [5.41, 5.74) is 5.39. The molecule has 0 saturated heterocycles. The van der Waals surface area contributed by atoms with Crippen molar-refractivity contribution < 1.29 is 13.9 Å². The normalized spacial score (nSPS) is 12.3. The third-order valence-electron chi connectivity index (χ3n) is 4.45. The fraction of sp³-hybridized carbons (Fsp3) is 0.0909. The molecule has 1 unspecified atom stereocenters. The average molecular weight is 388 g/mol. The maximum absolute atomic E-state index is 6.10. The topological polar surface area (TPSA) is 57.4 Å². The van der Waals surface area contributed by atoms with Gasteiger partial charge in [0.25, 0.3) is 0 Å². The molecule has 5 rings (SSSR count). The zero-order valence-corrected chi connectivity index (χ0v) is 15.8. The van der Waals surface area contributed by atoms with E-state index in [1.165, 1.54) is 0 Å². The Labute approximate surface area is 165 Å². The van der Waals surface area contributed by atoms with Gasteiger partial charge in [0.2, 0.25) is 0 Å². The van der Waals surface area contributed by atoms with Gasteiger partial charge in [-0.3, -0.25) is 0 Å². The summed E-state index contributed by atoms with van der Waals surface area (Å²) in [5, 5.41) is 0. The van der Waals surface area contributed by atoms with Crippen LogP contribution in [0.1, 0.15) is 18.6 Å². The van der Waals surface area contributed by atoms with E-state index >= 15 is 0 Å². The fourth-order valence-corrected chi connectivity index (χ4v) is 3.80. The monoisotopic (exact) mass is 388 g/mol. The number of hydrogen-bond acceptors (Lipinski definition) is 6. The highest BCUT2D eigenvalue weighted by Gasteiger charge is 2.13. The van der Waals surface area contributed by atoms with Gasteiger partial charge in [-0.25, -0.2) is 4.98 Å². The van der Waals surface area contributed by atoms with Gasteiger partial charge in [0.1, 0.15) is 23.1 Å². The van der Waals surface area contributed by atoms with Crippen LogP contribution in [0.2, 0.25) is 0 Å². The minimum Gasteiger partial charge on any atom is -0.486 e. The van der Waals surface area contributed by atoms with Crippen molar-refractivity contribution in [2.24, 2.45) is 0 Å². The first-order valence-electron chi connectivity index (χ1n) is 8.88. The molecule has 2 aromatic heterocycles. The van der Waals surface area contributed by atoms with Gasteiger partial charge in [0.15, 0.2) is 5.58 Å². The molecule has 5 aromatic rings. The Kier molecular flexibility index (Phi) is 4.18. The number of rotatable bonds is 5. The standard InChI is InChI=1S/C22H16N2O3S/c1-14(17-5-4-8-20-21(17)23-13-28-20)25-15-9-11-16(12-10-15)26-22-24-18-6-2-3-7-19(18)27-22/h2-14H,1H3. The molecule has 138 valence electrons. The van der Waals surface area contributed by atoms with Crippen molar-refractivity contribution in [1.29, 1.82) is 0 Å². The summed E-state index contributed by atoms with van der Waals surface area (Å²) in [6, 6.07) is 21.1. The number of para-hydroxylation sites is 3. The molecule has 0 amide bonds. The molecule has 0 spiro atoms. The lowest BCUT2D eigenvalue weighted by molar-refractivity contribution is 0.228. The van der Waals surface area contributed by atoms with Crippen LogP contribution in [0.3, 0.4) is 0 Å². The summed E-state index contributed by atoms with van der Waals surface area (Å²) < 4.78 is 18.6. The SMILES string of the molecule is CC(Oc1ccc(Oc2nc3ccccc3o2)cc1)c1cccc2scnc12. The molecular formula is C22H16N2O3S. The molecule has 0 fully saturated rings. The van der Waals surface area contributed by atoms with Crippen molar-refractivity contribution in [1.82, 2.24) is 9.97 Å². The van der Waals surface area contributed by atoms with E-state index in [1.807, 2.05) is 67.0 Å². The molecule has 0 N–H and O–H groups in total. The molecule has 6 heteroatoms. The predicted molar refractivity (Wildman–Crippen MR) is 109 cm³/mol. The molecule has 0 radical (unpaired) electrons. The van der Waals surface area contributed by atoms with Gasteiger partial charge in [-0.15, -0.1) is 11.3 Å². The Bertz CT molecular complexity index is 1210. The quantitative estimate of drug-likeness (QED) is 0.350. The molecule has 0 aliphatic heterocycles. The molecule has 28 heavy (non-hydrogen) atoms. The van der Waals surface area contributed by atoms with Crippen molar-refractivity contribution in [3.05, 3.63) is 77.8 Å². The average Bonchev–Trinajstić information content (AvgIpc) is 3.35. The number of thiazole rings is 1. The predicted octanol–water partition coefficient (Wildman–Crippen LogP) is 6.37. The van der Waals surface area contributed by atoms with Crippen LogP contribution in [0.5, 0.6) is 17.6 Å². The minimum absolute atomic E-state index is 0.116. The highest BCUT2D eigenvalue weighted by atomic mass is 32.1. The lowest BCUT2D eigenvalue weighted by atomic mass is 10.1. The van der Waals surface area contributed by atoms with Gasteiger partial charge in [0, 0.05) is 5.56 Å². The van der Waals surface area contributed by atoms with Crippen LogP contribution in [-0.2, 0) is 0 Å². The molecule has 3 aromatic carbocycles.